The Bertz CT molecular complexity index is 1050. The number of nitrogens with zero attached hydrogens (tertiary/aromatic N) is 4. The maximum Gasteiger partial charge on any atom is 0.196 e. The van der Waals surface area contributed by atoms with Gasteiger partial charge in [-0.2, -0.15) is 0 Å². The van der Waals surface area contributed by atoms with Crippen molar-refractivity contribution in [2.45, 2.75) is 0 Å². The van der Waals surface area contributed by atoms with E-state index >= 15 is 0 Å². The van der Waals surface area contributed by atoms with E-state index in [-0.39, 0.29) is 11.6 Å². The van der Waals surface area contributed by atoms with Crippen molar-refractivity contribution in [1.82, 2.24) is 0 Å². The average molecular weight is 539 g/mol. The minimum absolute atomic E-state index is 0.0496. The first-order valence-electron chi connectivity index (χ1n) is 12.5. The lowest BCUT2D eigenvalue weighted by atomic mass is 9.95. The van der Waals surface area contributed by atoms with Crippen LogP contribution >= 0.6 is 9.77 Å². The van der Waals surface area contributed by atoms with Crippen LogP contribution in [0.15, 0.2) is 46.6 Å². The molecule has 0 aromatic carbocycles. The van der Waals surface area contributed by atoms with Crippen LogP contribution in [0.3, 0.4) is 0 Å². The summed E-state index contributed by atoms with van der Waals surface area (Å²) in [5.41, 5.74) is 2.25. The van der Waals surface area contributed by atoms with Crippen LogP contribution < -0.4 is 0 Å². The van der Waals surface area contributed by atoms with Crippen molar-refractivity contribution < 1.29 is 36.6 Å². The van der Waals surface area contributed by atoms with Gasteiger partial charge in [0.25, 0.3) is 0 Å². The second kappa shape index (κ2) is 10.4. The molecular weight excluding hydrogens is 488 g/mol. The molecule has 0 aliphatic heterocycles. The molecule has 2 aliphatic rings. The van der Waals surface area contributed by atoms with Crippen LogP contribution in [0.4, 0.5) is 0 Å². The molecule has 0 amide bonds. The predicted octanol–water partition coefficient (Wildman–Crippen LogP) is 1.78. The minimum atomic E-state index is -3.49. The summed E-state index contributed by atoms with van der Waals surface area (Å²) < 4.78 is 25.6. The van der Waals surface area contributed by atoms with Crippen LogP contribution in [0.1, 0.15) is 0 Å². The highest BCUT2D eigenvalue weighted by atomic mass is 32.2. The largest absolute Gasteiger partial charge is 0.327 e. The van der Waals surface area contributed by atoms with Crippen molar-refractivity contribution >= 4 is 31.1 Å². The minimum Gasteiger partial charge on any atom is -0.327 e. The first-order chi connectivity index (χ1) is 16.4. The van der Waals surface area contributed by atoms with Crippen molar-refractivity contribution in [2.24, 2.45) is 0 Å². The monoisotopic (exact) mass is 538 g/mol. The van der Waals surface area contributed by atoms with Crippen molar-refractivity contribution in [3.8, 4) is 0 Å². The zero-order valence-electron chi connectivity index (χ0n) is 25.0. The molecule has 0 spiro atoms. The van der Waals surface area contributed by atoms with E-state index in [0.29, 0.717) is 76.1 Å². The molecule has 0 bridgehead atoms. The SMILES string of the molecule is C[N+](C)(C)CC1=CC(=S(O)(O)=C2C=C(C[N+](C)(C)C)C(=O)C(C[N+](C)(C)C)=C2)C=C(C[N+](C)(C)C)C1=O. The molecule has 2 N–H and O–H groups in total. The van der Waals surface area contributed by atoms with Crippen molar-refractivity contribution in [3.63, 3.8) is 0 Å². The Morgan fingerprint density at radius 2 is 0.676 bits per heavy atom. The molecule has 0 aromatic rings. The first-order valence-corrected chi connectivity index (χ1v) is 14.1. The van der Waals surface area contributed by atoms with E-state index in [1.165, 1.54) is 0 Å². The van der Waals surface area contributed by atoms with E-state index in [4.69, 9.17) is 0 Å². The van der Waals surface area contributed by atoms with Crippen LogP contribution in [0.5, 0.6) is 0 Å². The van der Waals surface area contributed by atoms with Gasteiger partial charge in [-0.3, -0.25) is 9.59 Å². The number of hydrogen-bond donors (Lipinski definition) is 2. The van der Waals surface area contributed by atoms with Crippen LogP contribution in [0.2, 0.25) is 0 Å². The number of Topliss-reactive ketones (excluding diaryl/α,β-unsaturated/α-hetero) is 2. The van der Waals surface area contributed by atoms with Gasteiger partial charge in [0.2, 0.25) is 0 Å². The lowest BCUT2D eigenvalue weighted by Gasteiger charge is -2.30. The lowest BCUT2D eigenvalue weighted by molar-refractivity contribution is -0.865. The summed E-state index contributed by atoms with van der Waals surface area (Å²) in [7, 11) is 20.6. The van der Waals surface area contributed by atoms with Crippen molar-refractivity contribution in [2.75, 3.05) is 111 Å². The van der Waals surface area contributed by atoms with Crippen molar-refractivity contribution in [3.05, 3.63) is 46.6 Å². The number of hydrogen-bond acceptors (Lipinski definition) is 4. The number of carbonyl (C=O) groups excluding carboxylic acids is 2. The van der Waals surface area contributed by atoms with Crippen LogP contribution in [0, 0.1) is 0 Å². The van der Waals surface area contributed by atoms with E-state index in [9.17, 15) is 18.7 Å². The Morgan fingerprint density at radius 3 is 0.838 bits per heavy atom. The number of quaternary nitrogens is 4. The number of allylic oxidation sites excluding steroid dienone is 4. The molecule has 208 valence electrons. The van der Waals surface area contributed by atoms with Gasteiger partial charge in [-0.1, -0.05) is 0 Å². The van der Waals surface area contributed by atoms with Gasteiger partial charge in [0.15, 0.2) is 11.6 Å². The predicted molar refractivity (Wildman–Crippen MR) is 157 cm³/mol. The Hall–Kier alpha value is -1.85. The number of carbonyl (C=O) groups is 2. The van der Waals surface area contributed by atoms with E-state index in [1.54, 1.807) is 24.3 Å². The number of rotatable bonds is 8. The lowest BCUT2D eigenvalue weighted by Crippen LogP contribution is -2.42. The van der Waals surface area contributed by atoms with E-state index in [1.807, 2.05) is 84.6 Å². The summed E-state index contributed by atoms with van der Waals surface area (Å²) in [5, 5.41) is 0. The second-order valence-corrected chi connectivity index (χ2v) is 16.5. The molecule has 2 rings (SSSR count). The van der Waals surface area contributed by atoms with E-state index < -0.39 is 9.77 Å². The normalized spacial score (nSPS) is 18.5. The Kier molecular flexibility index (Phi) is 8.79. The molecule has 0 unspecified atom stereocenters. The van der Waals surface area contributed by atoms with E-state index in [0.717, 1.165) is 0 Å². The Morgan fingerprint density at radius 1 is 0.486 bits per heavy atom. The zero-order valence-corrected chi connectivity index (χ0v) is 25.9. The fraction of sp³-hybridized carbons (Fsp3) is 0.571. The molecule has 0 fully saturated rings. The Labute approximate surface area is 224 Å². The fourth-order valence-electron chi connectivity index (χ4n) is 4.42. The summed E-state index contributed by atoms with van der Waals surface area (Å²) in [6.45, 7) is 1.85. The van der Waals surface area contributed by atoms with Gasteiger partial charge in [-0.05, 0) is 24.3 Å². The van der Waals surface area contributed by atoms with Gasteiger partial charge in [-0.25, -0.2) is 0 Å². The van der Waals surface area contributed by atoms with Crippen LogP contribution in [-0.4, -0.2) is 159 Å². The fourth-order valence-corrected chi connectivity index (χ4v) is 5.92. The third kappa shape index (κ3) is 9.14. The van der Waals surface area contributed by atoms with Gasteiger partial charge in [-0.15, -0.1) is 0 Å². The molecule has 0 aromatic heterocycles. The van der Waals surface area contributed by atoms with Gasteiger partial charge in [0, 0.05) is 19.5 Å². The molecule has 0 heterocycles. The zero-order chi connectivity index (χ0) is 28.8. The summed E-state index contributed by atoms with van der Waals surface area (Å²) in [5.74, 6) is -0.0993. The summed E-state index contributed by atoms with van der Waals surface area (Å²) in [6.07, 6.45) is 6.63. The van der Waals surface area contributed by atoms with Gasteiger partial charge in [0.05, 0.1) is 107 Å². The average Bonchev–Trinajstić information content (AvgIpc) is 2.63. The third-order valence-electron chi connectivity index (χ3n) is 5.67. The molecule has 9 heteroatoms. The molecule has 0 saturated carbocycles. The molecule has 0 atom stereocenters. The molecule has 0 radical (unpaired) electrons. The maximum absolute atomic E-state index is 13.4. The molecule has 37 heavy (non-hydrogen) atoms. The Balaban J connectivity index is 2.94. The standard InChI is InChI=1S/C28H48N4O4S/c1-29(2,3)17-21-13-25(14-22(27(21)33)18-30(4,5)6)37(35,36)26-15-23(19-31(7,8)9)28(34)24(16-26)20-32(10,11)12/h13-16H,17-20H2,1-12H3/q+2/p+2. The summed E-state index contributed by atoms with van der Waals surface area (Å²) in [6, 6.07) is 0. The first kappa shape index (κ1) is 31.4. The summed E-state index contributed by atoms with van der Waals surface area (Å²) in [4.78, 5) is 27.4. The topological polar surface area (TPSA) is 74.6 Å². The van der Waals surface area contributed by atoms with Gasteiger partial charge >= 0.3 is 0 Å². The maximum atomic E-state index is 13.4. The van der Waals surface area contributed by atoms with Crippen LogP contribution in [0.25, 0.3) is 0 Å². The van der Waals surface area contributed by atoms with Crippen LogP contribution in [-0.2, 0) is 9.59 Å². The summed E-state index contributed by atoms with van der Waals surface area (Å²) >= 11 is 0. The highest BCUT2D eigenvalue weighted by molar-refractivity contribution is 8.22. The molecule has 2 aliphatic carbocycles. The number of ketones is 2. The molecule has 0 saturated heterocycles. The van der Waals surface area contributed by atoms with Gasteiger partial charge < -0.3 is 27.0 Å². The van der Waals surface area contributed by atoms with Crippen molar-refractivity contribution in [1.29, 1.82) is 0 Å². The highest BCUT2D eigenvalue weighted by Crippen LogP contribution is 2.30. The quantitative estimate of drug-likeness (QED) is 0.365. The van der Waals surface area contributed by atoms with E-state index in [2.05, 4.69) is 0 Å². The highest BCUT2D eigenvalue weighted by Gasteiger charge is 2.32. The molecular formula is C28H50N4O4S+4. The smallest absolute Gasteiger partial charge is 0.196 e. The molecule has 8 nitrogen and oxygen atoms in total. The third-order valence-corrected chi connectivity index (χ3v) is 7.45. The van der Waals surface area contributed by atoms with Gasteiger partial charge in [0.1, 0.15) is 26.2 Å². The number of likely N-dealkylation sites (N-methyl/N-ethyl adjacent to an activating group) is 4. The second-order valence-electron chi connectivity index (χ2n) is 14.5.